The molecule has 2 aliphatic rings. The van der Waals surface area contributed by atoms with Crippen molar-refractivity contribution in [2.24, 2.45) is 0 Å². The summed E-state index contributed by atoms with van der Waals surface area (Å²) in [7, 11) is 0. The Morgan fingerprint density at radius 2 is 2.07 bits per heavy atom. The second kappa shape index (κ2) is 8.36. The molecule has 2 saturated heterocycles. The number of aryl methyl sites for hydroxylation is 1. The maximum atomic E-state index is 13.1. The number of carbonyl (C=O) groups is 1. The van der Waals surface area contributed by atoms with Crippen LogP contribution in [0.3, 0.4) is 0 Å². The van der Waals surface area contributed by atoms with E-state index in [1.807, 2.05) is 11.8 Å². The molecule has 4 rings (SSSR count). The summed E-state index contributed by atoms with van der Waals surface area (Å²) >= 11 is 0. The summed E-state index contributed by atoms with van der Waals surface area (Å²) in [6.45, 7) is 5.38. The lowest BCUT2D eigenvalue weighted by atomic mass is 9.98. The molecule has 0 aliphatic carbocycles. The summed E-state index contributed by atoms with van der Waals surface area (Å²) in [6.07, 6.45) is 1.78. The number of aromatic nitrogens is 2. The molecule has 0 N–H and O–H groups in total. The van der Waals surface area contributed by atoms with Crippen LogP contribution in [-0.4, -0.2) is 65.2 Å². The van der Waals surface area contributed by atoms with Crippen LogP contribution in [0.1, 0.15) is 42.1 Å². The Bertz CT molecular complexity index is 810. The molecule has 2 fully saturated rings. The van der Waals surface area contributed by atoms with Gasteiger partial charge in [-0.2, -0.15) is 4.98 Å². The third-order valence-electron chi connectivity index (χ3n) is 5.42. The molecule has 8 heteroatoms. The van der Waals surface area contributed by atoms with Crippen LogP contribution in [0.2, 0.25) is 0 Å². The molecule has 2 unspecified atom stereocenters. The molecule has 0 spiro atoms. The normalized spacial score (nSPS) is 23.7. The van der Waals surface area contributed by atoms with Crippen LogP contribution in [0.25, 0.3) is 0 Å². The van der Waals surface area contributed by atoms with Crippen LogP contribution in [-0.2, 0) is 9.53 Å². The minimum atomic E-state index is -0.274. The molecule has 1 amide bonds. The molecule has 2 aliphatic heterocycles. The number of nitrogens with zero attached hydrogens (tertiary/aromatic N) is 4. The van der Waals surface area contributed by atoms with Crippen LogP contribution in [0, 0.1) is 12.7 Å². The summed E-state index contributed by atoms with van der Waals surface area (Å²) in [4.78, 5) is 21.2. The predicted molar refractivity (Wildman–Crippen MR) is 99.1 cm³/mol. The Balaban J connectivity index is 1.34. The second-order valence-electron chi connectivity index (χ2n) is 7.50. The molecule has 2 aromatic rings. The number of amides is 1. The minimum absolute atomic E-state index is 0.0952. The Hall–Kier alpha value is -2.32. The number of morpholine rings is 1. The Labute approximate surface area is 163 Å². The van der Waals surface area contributed by atoms with Crippen LogP contribution < -0.4 is 0 Å². The Morgan fingerprint density at radius 1 is 1.25 bits per heavy atom. The van der Waals surface area contributed by atoms with Gasteiger partial charge in [-0.1, -0.05) is 17.3 Å². The largest absolute Gasteiger partial charge is 0.370 e. The van der Waals surface area contributed by atoms with Crippen LogP contribution in [0.4, 0.5) is 4.39 Å². The number of hydrogen-bond donors (Lipinski definition) is 0. The van der Waals surface area contributed by atoms with E-state index in [4.69, 9.17) is 9.26 Å². The number of rotatable bonds is 4. The second-order valence-corrected chi connectivity index (χ2v) is 7.50. The van der Waals surface area contributed by atoms with Crippen molar-refractivity contribution < 1.29 is 18.4 Å². The fourth-order valence-corrected chi connectivity index (χ4v) is 3.93. The molecule has 2 atom stereocenters. The minimum Gasteiger partial charge on any atom is -0.370 e. The summed E-state index contributed by atoms with van der Waals surface area (Å²) in [6, 6.07) is 6.28. The van der Waals surface area contributed by atoms with E-state index in [1.54, 1.807) is 12.1 Å². The van der Waals surface area contributed by atoms with Gasteiger partial charge in [0, 0.05) is 13.1 Å². The molecule has 0 bridgehead atoms. The van der Waals surface area contributed by atoms with Crippen LogP contribution >= 0.6 is 0 Å². The summed E-state index contributed by atoms with van der Waals surface area (Å²) in [5, 5.41) is 3.88. The zero-order valence-corrected chi connectivity index (χ0v) is 16.0. The van der Waals surface area contributed by atoms with Gasteiger partial charge in [-0.05, 0) is 44.0 Å². The van der Waals surface area contributed by atoms with Crippen molar-refractivity contribution >= 4 is 5.91 Å². The number of ether oxygens (including phenoxy) is 1. The quantitative estimate of drug-likeness (QED) is 0.800. The fourth-order valence-electron chi connectivity index (χ4n) is 3.93. The van der Waals surface area contributed by atoms with Crippen molar-refractivity contribution in [2.75, 3.05) is 39.3 Å². The number of likely N-dealkylation sites (tertiary alicyclic amines) is 1. The number of benzene rings is 1. The Kier molecular flexibility index (Phi) is 5.68. The molecule has 3 heterocycles. The van der Waals surface area contributed by atoms with E-state index >= 15 is 0 Å². The third-order valence-corrected chi connectivity index (χ3v) is 5.42. The Morgan fingerprint density at radius 3 is 2.82 bits per heavy atom. The predicted octanol–water partition coefficient (Wildman–Crippen LogP) is 2.30. The lowest BCUT2D eigenvalue weighted by Crippen LogP contribution is -2.48. The smallest absolute Gasteiger partial charge is 0.236 e. The molecular weight excluding hydrogens is 363 g/mol. The highest BCUT2D eigenvalue weighted by atomic mass is 19.1. The third kappa shape index (κ3) is 4.39. The fraction of sp³-hybridized carbons (Fsp3) is 0.550. The van der Waals surface area contributed by atoms with Gasteiger partial charge in [-0.3, -0.25) is 9.69 Å². The zero-order valence-electron chi connectivity index (χ0n) is 16.0. The summed E-state index contributed by atoms with van der Waals surface area (Å²) in [5.41, 5.74) is 0.892. The highest BCUT2D eigenvalue weighted by Crippen LogP contribution is 2.26. The van der Waals surface area contributed by atoms with Gasteiger partial charge in [-0.25, -0.2) is 4.39 Å². The van der Waals surface area contributed by atoms with Gasteiger partial charge in [0.2, 0.25) is 11.8 Å². The van der Waals surface area contributed by atoms with E-state index in [-0.39, 0.29) is 23.7 Å². The first-order valence-corrected chi connectivity index (χ1v) is 9.76. The zero-order chi connectivity index (χ0) is 19.5. The number of halogens is 1. The molecule has 1 aromatic carbocycles. The lowest BCUT2D eigenvalue weighted by molar-refractivity contribution is -0.140. The molecule has 0 radical (unpaired) electrons. The van der Waals surface area contributed by atoms with Gasteiger partial charge in [0.25, 0.3) is 0 Å². The van der Waals surface area contributed by atoms with E-state index < -0.39 is 0 Å². The van der Waals surface area contributed by atoms with E-state index in [2.05, 4.69) is 15.0 Å². The number of piperidine rings is 1. The standard InChI is InChI=1S/C20H25FN4O3/c1-14-22-20(28-23-14)16-3-2-8-24(11-16)13-19(26)25-9-10-27-18(12-25)15-4-6-17(21)7-5-15/h4-7,16,18H,2-3,8-13H2,1H3. The van der Waals surface area contributed by atoms with E-state index in [0.29, 0.717) is 38.0 Å². The van der Waals surface area contributed by atoms with Crippen molar-refractivity contribution in [3.05, 3.63) is 47.4 Å². The van der Waals surface area contributed by atoms with Crippen LogP contribution in [0.15, 0.2) is 28.8 Å². The van der Waals surface area contributed by atoms with Crippen molar-refractivity contribution in [3.63, 3.8) is 0 Å². The van der Waals surface area contributed by atoms with E-state index in [1.165, 1.54) is 12.1 Å². The van der Waals surface area contributed by atoms with Gasteiger partial charge < -0.3 is 14.2 Å². The molecule has 7 nitrogen and oxygen atoms in total. The van der Waals surface area contributed by atoms with Crippen molar-refractivity contribution in [2.45, 2.75) is 31.8 Å². The lowest BCUT2D eigenvalue weighted by Gasteiger charge is -2.36. The average Bonchev–Trinajstić information content (AvgIpc) is 3.15. The van der Waals surface area contributed by atoms with E-state index in [9.17, 15) is 9.18 Å². The molecule has 0 saturated carbocycles. The first-order chi connectivity index (χ1) is 13.6. The first kappa shape index (κ1) is 19.0. The van der Waals surface area contributed by atoms with Crippen LogP contribution in [0.5, 0.6) is 0 Å². The molecular formula is C20H25FN4O3. The van der Waals surface area contributed by atoms with Crippen molar-refractivity contribution in [3.8, 4) is 0 Å². The molecule has 150 valence electrons. The molecule has 28 heavy (non-hydrogen) atoms. The first-order valence-electron chi connectivity index (χ1n) is 9.76. The van der Waals surface area contributed by atoms with E-state index in [0.717, 1.165) is 31.5 Å². The van der Waals surface area contributed by atoms with Crippen molar-refractivity contribution in [1.82, 2.24) is 19.9 Å². The number of hydrogen-bond acceptors (Lipinski definition) is 6. The topological polar surface area (TPSA) is 71.7 Å². The summed E-state index contributed by atoms with van der Waals surface area (Å²) in [5.74, 6) is 1.31. The van der Waals surface area contributed by atoms with Gasteiger partial charge >= 0.3 is 0 Å². The summed E-state index contributed by atoms with van der Waals surface area (Å²) < 4.78 is 24.3. The maximum Gasteiger partial charge on any atom is 0.236 e. The molecule has 1 aromatic heterocycles. The monoisotopic (exact) mass is 388 g/mol. The highest BCUT2D eigenvalue weighted by molar-refractivity contribution is 5.78. The SMILES string of the molecule is Cc1noc(C2CCCN(CC(=O)N3CCOC(c4ccc(F)cc4)C3)C2)n1. The van der Waals surface area contributed by atoms with Crippen molar-refractivity contribution in [1.29, 1.82) is 0 Å². The van der Waals surface area contributed by atoms with Gasteiger partial charge in [0.05, 0.1) is 25.6 Å². The maximum absolute atomic E-state index is 13.1. The number of carbonyl (C=O) groups excluding carboxylic acids is 1. The average molecular weight is 388 g/mol. The van der Waals surface area contributed by atoms with Gasteiger partial charge in [-0.15, -0.1) is 0 Å². The highest BCUT2D eigenvalue weighted by Gasteiger charge is 2.30. The van der Waals surface area contributed by atoms with Gasteiger partial charge in [0.1, 0.15) is 11.9 Å². The van der Waals surface area contributed by atoms with Gasteiger partial charge in [0.15, 0.2) is 5.82 Å².